The Morgan fingerprint density at radius 3 is 1.18 bits per heavy atom. The van der Waals surface area contributed by atoms with Crippen LogP contribution in [-0.4, -0.2) is 0 Å². The molecule has 0 spiro atoms. The van der Waals surface area contributed by atoms with E-state index < -0.39 is 0 Å². The number of hydrogen-bond donors (Lipinski definition) is 0. The van der Waals surface area contributed by atoms with Crippen molar-refractivity contribution in [3.63, 3.8) is 0 Å². The van der Waals surface area contributed by atoms with Gasteiger partial charge in [-0.15, -0.1) is 0 Å². The van der Waals surface area contributed by atoms with Crippen LogP contribution in [0.1, 0.15) is 48.5 Å². The van der Waals surface area contributed by atoms with Crippen molar-refractivity contribution in [2.45, 2.75) is 48.5 Å². The zero-order valence-electron chi connectivity index (χ0n) is 12.8. The molecule has 0 fully saturated rings. The summed E-state index contributed by atoms with van der Waals surface area (Å²) >= 11 is 0. The van der Waals surface area contributed by atoms with E-state index in [1.807, 2.05) is 30.3 Å². The predicted molar refractivity (Wildman–Crippen MR) is 78.1 cm³/mol. The first-order valence-electron chi connectivity index (χ1n) is 5.83. The van der Waals surface area contributed by atoms with Gasteiger partial charge in [-0.1, -0.05) is 20.8 Å². The van der Waals surface area contributed by atoms with Crippen LogP contribution in [0.15, 0.2) is 30.3 Å². The van der Waals surface area contributed by atoms with Crippen molar-refractivity contribution in [1.82, 2.24) is 0 Å². The molecule has 0 heterocycles. The Balaban J connectivity index is -0.0000000747. The maximum Gasteiger partial charge on any atom is 4.00 e. The van der Waals surface area contributed by atoms with E-state index in [-0.39, 0.29) is 26.2 Å². The van der Waals surface area contributed by atoms with E-state index in [4.69, 9.17) is 0 Å². The maximum atomic E-state index is 3.25. The molecule has 98 valence electrons. The third-order valence-corrected chi connectivity index (χ3v) is 2.06. The molecular weight excluding hydrogens is 283 g/mol. The van der Waals surface area contributed by atoms with Crippen molar-refractivity contribution in [3.05, 3.63) is 50.1 Å². The van der Waals surface area contributed by atoms with Gasteiger partial charge in [0.2, 0.25) is 0 Å². The normalized spacial score (nSPS) is 8.35. The second kappa shape index (κ2) is 18.6. The van der Waals surface area contributed by atoms with Gasteiger partial charge in [-0.25, -0.2) is 12.1 Å². The molecule has 0 aromatic heterocycles. The zero-order chi connectivity index (χ0) is 13.6. The van der Waals surface area contributed by atoms with Crippen LogP contribution in [0.4, 0.5) is 0 Å². The van der Waals surface area contributed by atoms with Gasteiger partial charge < -0.3 is 19.8 Å². The molecule has 1 rings (SSSR count). The summed E-state index contributed by atoms with van der Waals surface area (Å²) in [5, 5.41) is 0. The minimum atomic E-state index is 0. The summed E-state index contributed by atoms with van der Waals surface area (Å²) in [6.45, 7) is 21.0. The summed E-state index contributed by atoms with van der Waals surface area (Å²) in [6.07, 6.45) is 0. The van der Waals surface area contributed by atoms with Crippen LogP contribution in [0.3, 0.4) is 0 Å². The molecule has 0 bridgehead atoms. The zero-order valence-corrected chi connectivity index (χ0v) is 15.3. The first-order chi connectivity index (χ1) is 7.44. The van der Waals surface area contributed by atoms with Crippen LogP contribution in [0, 0.1) is 25.2 Å². The molecule has 0 unspecified atom stereocenters. The molecule has 0 aliphatic carbocycles. The summed E-state index contributed by atoms with van der Waals surface area (Å²) in [5.41, 5.74) is 0.417. The fraction of sp³-hybridized carbons (Fsp3) is 0.500. The first kappa shape index (κ1) is 25.9. The van der Waals surface area contributed by atoms with Crippen molar-refractivity contribution < 1.29 is 26.2 Å². The number of hydrogen-bond acceptors (Lipinski definition) is 0. The maximum absolute atomic E-state index is 3.25. The summed E-state index contributed by atoms with van der Waals surface area (Å²) in [7, 11) is 0. The van der Waals surface area contributed by atoms with Gasteiger partial charge in [-0.3, -0.25) is 0 Å². The molecule has 0 aliphatic heterocycles. The van der Waals surface area contributed by atoms with Gasteiger partial charge in [0.25, 0.3) is 0 Å². The molecule has 0 atom stereocenters. The molecule has 0 amide bonds. The van der Waals surface area contributed by atoms with Crippen LogP contribution in [-0.2, 0) is 26.2 Å². The van der Waals surface area contributed by atoms with Crippen LogP contribution in [0.2, 0.25) is 0 Å². The Kier molecular flexibility index (Phi) is 28.4. The summed E-state index contributed by atoms with van der Waals surface area (Å²) < 4.78 is 0. The fourth-order valence-corrected chi connectivity index (χ4v) is 0.321. The average Bonchev–Trinajstić information content (AvgIpc) is 2.80. The van der Waals surface area contributed by atoms with Gasteiger partial charge in [0, 0.05) is 0 Å². The molecule has 1 aromatic rings. The molecule has 0 saturated carbocycles. The Morgan fingerprint density at radius 1 is 0.882 bits per heavy atom. The molecule has 0 radical (unpaired) electrons. The second-order valence-electron chi connectivity index (χ2n) is 4.21. The predicted octanol–water partition coefficient (Wildman–Crippen LogP) is 5.73. The molecule has 0 saturated heterocycles. The summed E-state index contributed by atoms with van der Waals surface area (Å²) in [4.78, 5) is 0. The second-order valence-corrected chi connectivity index (χ2v) is 4.21. The van der Waals surface area contributed by atoms with Gasteiger partial charge in [0.1, 0.15) is 0 Å². The van der Waals surface area contributed by atoms with Crippen molar-refractivity contribution in [2.75, 3.05) is 0 Å². The Labute approximate surface area is 130 Å². The van der Waals surface area contributed by atoms with E-state index in [1.54, 1.807) is 13.8 Å². The van der Waals surface area contributed by atoms with E-state index in [1.165, 1.54) is 5.92 Å². The van der Waals surface area contributed by atoms with Gasteiger partial charge >= 0.3 is 26.2 Å². The topological polar surface area (TPSA) is 0 Å². The van der Waals surface area contributed by atoms with Crippen molar-refractivity contribution >= 4 is 0 Å². The van der Waals surface area contributed by atoms with Crippen LogP contribution in [0.5, 0.6) is 0 Å². The van der Waals surface area contributed by atoms with Crippen LogP contribution >= 0.6 is 0 Å². The van der Waals surface area contributed by atoms with Crippen molar-refractivity contribution in [3.8, 4) is 0 Å². The largest absolute Gasteiger partial charge is 4.00 e. The van der Waals surface area contributed by atoms with Crippen LogP contribution in [0.25, 0.3) is 0 Å². The van der Waals surface area contributed by atoms with Gasteiger partial charge in [-0.2, -0.15) is 51.3 Å². The molecule has 17 heavy (non-hydrogen) atoms. The average molecular weight is 314 g/mol. The Hall–Kier alpha value is 0.233. The van der Waals surface area contributed by atoms with E-state index in [9.17, 15) is 0 Å². The Bertz CT molecular complexity index is 151. The third kappa shape index (κ3) is 26.1. The van der Waals surface area contributed by atoms with Gasteiger partial charge in [0.05, 0.1) is 0 Å². The summed E-state index contributed by atoms with van der Waals surface area (Å²) in [6, 6.07) is 10.0. The van der Waals surface area contributed by atoms with Gasteiger partial charge in [-0.05, 0) is 0 Å². The summed E-state index contributed by atoms with van der Waals surface area (Å²) in [5.74, 6) is 1.49. The third-order valence-electron chi connectivity index (χ3n) is 2.06. The minimum absolute atomic E-state index is 0. The van der Waals surface area contributed by atoms with Gasteiger partial charge in [0.15, 0.2) is 0 Å². The smallest absolute Gasteiger partial charge is 0.346 e. The first-order valence-corrected chi connectivity index (χ1v) is 5.83. The molecular formula is C16H30Zr. The van der Waals surface area contributed by atoms with E-state index in [2.05, 4.69) is 48.5 Å². The quantitative estimate of drug-likeness (QED) is 0.536. The van der Waals surface area contributed by atoms with E-state index >= 15 is 0 Å². The van der Waals surface area contributed by atoms with Crippen LogP contribution < -0.4 is 0 Å². The SMILES string of the molecule is C[C-](C)C(C)(C)C.[CH2-]C.[CH2-]C.[Zr+4].c1cc[cH-]c1. The van der Waals surface area contributed by atoms with E-state index in [0.29, 0.717) is 5.41 Å². The molecule has 0 N–H and O–H groups in total. The standard InChI is InChI=1S/C7H15.C5H5.2C2H5.Zr/c1-6(2)7(3,4)5;1-2-4-5-3-1;2*1-2;/h1-5H3;1-5H;2*1H2,2H3;/q4*-1;+4. The number of rotatable bonds is 0. The minimum Gasteiger partial charge on any atom is -0.346 e. The molecule has 0 nitrogen and oxygen atoms in total. The molecule has 1 heteroatoms. The Morgan fingerprint density at radius 2 is 1.12 bits per heavy atom. The van der Waals surface area contributed by atoms with Crippen molar-refractivity contribution in [1.29, 1.82) is 0 Å². The molecule has 1 aromatic carbocycles. The van der Waals surface area contributed by atoms with E-state index in [0.717, 1.165) is 0 Å². The van der Waals surface area contributed by atoms with Crippen molar-refractivity contribution in [2.24, 2.45) is 5.41 Å². The molecule has 0 aliphatic rings. The monoisotopic (exact) mass is 312 g/mol. The fourth-order valence-electron chi connectivity index (χ4n) is 0.321.